The molecule has 2 unspecified atom stereocenters. The van der Waals surface area contributed by atoms with Crippen LogP contribution in [0.2, 0.25) is 5.15 Å². The van der Waals surface area contributed by atoms with E-state index < -0.39 is 0 Å². The summed E-state index contributed by atoms with van der Waals surface area (Å²) in [5.41, 5.74) is 0.992. The van der Waals surface area contributed by atoms with Crippen LogP contribution in [0.25, 0.3) is 11.2 Å². The van der Waals surface area contributed by atoms with Gasteiger partial charge in [0.25, 0.3) is 0 Å². The van der Waals surface area contributed by atoms with E-state index in [-0.39, 0.29) is 23.5 Å². The number of hydrogen-bond acceptors (Lipinski definition) is 7. The standard InChI is InChI=1S/C16H18ClN5O2S/c1-3-8-25-15-18-13(17)12-14(19-15)22(21-20-12)10-4-5-11(24-9(2)23)16(10)6-7-16/h4-5,10-11H,3,6-8H2,1-2H3. The molecular weight excluding hydrogens is 362 g/mol. The Morgan fingerprint density at radius 2 is 2.24 bits per heavy atom. The lowest BCUT2D eigenvalue weighted by molar-refractivity contribution is -0.147. The molecule has 0 N–H and O–H groups in total. The van der Waals surface area contributed by atoms with Crippen LogP contribution in [0.15, 0.2) is 17.3 Å². The Bertz CT molecular complexity index is 864. The molecule has 2 aromatic heterocycles. The van der Waals surface area contributed by atoms with E-state index in [4.69, 9.17) is 16.3 Å². The van der Waals surface area contributed by atoms with Crippen LogP contribution in [0.4, 0.5) is 0 Å². The van der Waals surface area contributed by atoms with Gasteiger partial charge in [0.1, 0.15) is 6.10 Å². The number of rotatable bonds is 5. The molecule has 2 aliphatic carbocycles. The topological polar surface area (TPSA) is 82.8 Å². The molecule has 0 amide bonds. The molecule has 7 nitrogen and oxygen atoms in total. The fourth-order valence-corrected chi connectivity index (χ4v) is 4.31. The molecular formula is C16H18ClN5O2S. The van der Waals surface area contributed by atoms with Crippen LogP contribution < -0.4 is 0 Å². The quantitative estimate of drug-likeness (QED) is 0.259. The minimum Gasteiger partial charge on any atom is -0.458 e. The lowest BCUT2D eigenvalue weighted by atomic mass is 9.97. The maximum Gasteiger partial charge on any atom is 0.303 e. The van der Waals surface area contributed by atoms with E-state index in [1.165, 1.54) is 6.92 Å². The minimum atomic E-state index is -0.270. The first-order chi connectivity index (χ1) is 12.0. The van der Waals surface area contributed by atoms with Crippen LogP contribution in [0.3, 0.4) is 0 Å². The third-order valence-corrected chi connectivity index (χ3v) is 6.02. The molecule has 132 valence electrons. The van der Waals surface area contributed by atoms with Crippen molar-refractivity contribution in [3.8, 4) is 0 Å². The highest BCUT2D eigenvalue weighted by atomic mass is 35.5. The van der Waals surface area contributed by atoms with Crippen molar-refractivity contribution in [2.24, 2.45) is 5.41 Å². The second kappa shape index (κ2) is 6.25. The lowest BCUT2D eigenvalue weighted by Crippen LogP contribution is -2.29. The Balaban J connectivity index is 1.71. The first kappa shape index (κ1) is 16.8. The van der Waals surface area contributed by atoms with Gasteiger partial charge in [-0.25, -0.2) is 14.6 Å². The molecule has 4 rings (SSSR count). The van der Waals surface area contributed by atoms with E-state index >= 15 is 0 Å². The van der Waals surface area contributed by atoms with Gasteiger partial charge in [0.05, 0.1) is 6.04 Å². The summed E-state index contributed by atoms with van der Waals surface area (Å²) in [6, 6.07) is -0.0446. The zero-order valence-electron chi connectivity index (χ0n) is 14.0. The fourth-order valence-electron chi connectivity index (χ4n) is 3.37. The van der Waals surface area contributed by atoms with Gasteiger partial charge in [-0.15, -0.1) is 5.10 Å². The van der Waals surface area contributed by atoms with Crippen molar-refractivity contribution >= 4 is 40.5 Å². The molecule has 0 aromatic carbocycles. The maximum atomic E-state index is 11.4. The number of carbonyl (C=O) groups is 1. The first-order valence-corrected chi connectivity index (χ1v) is 9.68. The summed E-state index contributed by atoms with van der Waals surface area (Å²) < 4.78 is 7.28. The molecule has 2 heterocycles. The number of aromatic nitrogens is 5. The molecule has 2 atom stereocenters. The molecule has 9 heteroatoms. The predicted molar refractivity (Wildman–Crippen MR) is 94.5 cm³/mol. The van der Waals surface area contributed by atoms with Gasteiger partial charge in [0, 0.05) is 18.1 Å². The summed E-state index contributed by atoms with van der Waals surface area (Å²) in [6.45, 7) is 3.54. The van der Waals surface area contributed by atoms with Crippen molar-refractivity contribution in [2.45, 2.75) is 50.4 Å². The number of nitrogens with zero attached hydrogens (tertiary/aromatic N) is 5. The predicted octanol–water partition coefficient (Wildman–Crippen LogP) is 3.20. The zero-order chi connectivity index (χ0) is 17.6. The Hall–Kier alpha value is -1.67. The van der Waals surface area contributed by atoms with Gasteiger partial charge >= 0.3 is 5.97 Å². The van der Waals surface area contributed by atoms with Crippen LogP contribution in [-0.4, -0.2) is 42.8 Å². The highest BCUT2D eigenvalue weighted by Gasteiger charge is 2.59. The average Bonchev–Trinajstić information content (AvgIpc) is 3.14. The monoisotopic (exact) mass is 379 g/mol. The molecule has 0 saturated heterocycles. The van der Waals surface area contributed by atoms with Gasteiger partial charge in [0.2, 0.25) is 0 Å². The van der Waals surface area contributed by atoms with Crippen molar-refractivity contribution < 1.29 is 9.53 Å². The fraction of sp³-hybridized carbons (Fsp3) is 0.562. The molecule has 0 radical (unpaired) electrons. The third kappa shape index (κ3) is 2.81. The second-order valence-electron chi connectivity index (χ2n) is 6.44. The SMILES string of the molecule is CCCSc1nc(Cl)c2nnn(C3C=CC(OC(C)=O)C34CC4)c2n1. The summed E-state index contributed by atoms with van der Waals surface area (Å²) in [4.78, 5) is 20.3. The van der Waals surface area contributed by atoms with Gasteiger partial charge < -0.3 is 4.74 Å². The van der Waals surface area contributed by atoms with Gasteiger partial charge in [-0.2, -0.15) is 0 Å². The van der Waals surface area contributed by atoms with Crippen LogP contribution in [0, 0.1) is 5.41 Å². The van der Waals surface area contributed by atoms with E-state index in [0.717, 1.165) is 25.0 Å². The smallest absolute Gasteiger partial charge is 0.303 e. The average molecular weight is 380 g/mol. The van der Waals surface area contributed by atoms with E-state index in [1.54, 1.807) is 16.4 Å². The number of allylic oxidation sites excluding steroid dienone is 1. The van der Waals surface area contributed by atoms with Crippen LogP contribution >= 0.6 is 23.4 Å². The number of halogens is 1. The van der Waals surface area contributed by atoms with E-state index in [9.17, 15) is 4.79 Å². The number of ether oxygens (including phenoxy) is 1. The van der Waals surface area contributed by atoms with Crippen molar-refractivity contribution in [1.29, 1.82) is 0 Å². The van der Waals surface area contributed by atoms with Crippen LogP contribution in [0.5, 0.6) is 0 Å². The van der Waals surface area contributed by atoms with E-state index in [0.29, 0.717) is 21.5 Å². The van der Waals surface area contributed by atoms with E-state index in [1.807, 2.05) is 12.2 Å². The van der Waals surface area contributed by atoms with E-state index in [2.05, 4.69) is 27.2 Å². The largest absolute Gasteiger partial charge is 0.458 e. The summed E-state index contributed by atoms with van der Waals surface area (Å²) in [5, 5.41) is 9.40. The summed E-state index contributed by atoms with van der Waals surface area (Å²) in [6.07, 6.45) is 6.73. The first-order valence-electron chi connectivity index (χ1n) is 8.32. The van der Waals surface area contributed by atoms with Crippen molar-refractivity contribution in [3.05, 3.63) is 17.3 Å². The zero-order valence-corrected chi connectivity index (χ0v) is 15.5. The normalized spacial score (nSPS) is 23.5. The van der Waals surface area contributed by atoms with Gasteiger partial charge in [-0.3, -0.25) is 4.79 Å². The highest BCUT2D eigenvalue weighted by Crippen LogP contribution is 2.61. The summed E-state index contributed by atoms with van der Waals surface area (Å²) in [5.74, 6) is 0.652. The number of esters is 1. The maximum absolute atomic E-state index is 11.4. The molecule has 0 bridgehead atoms. The summed E-state index contributed by atoms with van der Waals surface area (Å²) in [7, 11) is 0. The second-order valence-corrected chi connectivity index (χ2v) is 7.86. The minimum absolute atomic E-state index is 0.0446. The molecule has 2 aliphatic rings. The molecule has 1 spiro atoms. The Morgan fingerprint density at radius 3 is 2.92 bits per heavy atom. The Kier molecular flexibility index (Phi) is 4.19. The lowest BCUT2D eigenvalue weighted by Gasteiger charge is -2.24. The van der Waals surface area contributed by atoms with Crippen molar-refractivity contribution in [3.63, 3.8) is 0 Å². The number of carbonyl (C=O) groups excluding carboxylic acids is 1. The van der Waals surface area contributed by atoms with Gasteiger partial charge in [-0.1, -0.05) is 41.6 Å². The highest BCUT2D eigenvalue weighted by molar-refractivity contribution is 7.99. The Labute approximate surface area is 154 Å². The van der Waals surface area contributed by atoms with Crippen LogP contribution in [-0.2, 0) is 9.53 Å². The number of thioether (sulfide) groups is 1. The molecule has 0 aliphatic heterocycles. The summed E-state index contributed by atoms with van der Waals surface area (Å²) >= 11 is 7.84. The molecule has 2 aromatic rings. The van der Waals surface area contributed by atoms with Gasteiger partial charge in [-0.05, 0) is 25.3 Å². The van der Waals surface area contributed by atoms with Crippen molar-refractivity contribution in [1.82, 2.24) is 25.0 Å². The van der Waals surface area contributed by atoms with Gasteiger partial charge in [0.15, 0.2) is 21.5 Å². The number of fused-ring (bicyclic) bond motifs is 1. The third-order valence-electron chi connectivity index (χ3n) is 4.70. The number of hydrogen-bond donors (Lipinski definition) is 0. The Morgan fingerprint density at radius 1 is 1.44 bits per heavy atom. The van der Waals surface area contributed by atoms with Crippen molar-refractivity contribution in [2.75, 3.05) is 5.75 Å². The van der Waals surface area contributed by atoms with Crippen LogP contribution in [0.1, 0.15) is 39.2 Å². The molecule has 1 fully saturated rings. The molecule has 1 saturated carbocycles. The molecule has 25 heavy (non-hydrogen) atoms.